The fraction of sp³-hybridized carbons (Fsp3) is 0.0714. The van der Waals surface area contributed by atoms with Gasteiger partial charge in [0.25, 0.3) is 0 Å². The molecule has 2 aromatic rings. The smallest absolute Gasteiger partial charge is 0.337 e. The summed E-state index contributed by atoms with van der Waals surface area (Å²) >= 11 is 5.89. The van der Waals surface area contributed by atoms with E-state index in [0.29, 0.717) is 22.9 Å². The lowest BCUT2D eigenvalue weighted by Crippen LogP contribution is -2.08. The van der Waals surface area contributed by atoms with Gasteiger partial charge in [-0.15, -0.1) is 0 Å². The topological polar surface area (TPSA) is 75.4 Å². The summed E-state index contributed by atoms with van der Waals surface area (Å²) in [6.07, 6.45) is 0. The molecular weight excluding hydrogens is 264 g/mol. The fourth-order valence-corrected chi connectivity index (χ4v) is 2.00. The van der Waals surface area contributed by atoms with Gasteiger partial charge in [-0.3, -0.25) is 0 Å². The Balaban J connectivity index is 2.22. The van der Waals surface area contributed by atoms with Crippen LogP contribution in [0.15, 0.2) is 42.5 Å². The minimum absolute atomic E-state index is 0.155. The molecule has 19 heavy (non-hydrogen) atoms. The van der Waals surface area contributed by atoms with Crippen LogP contribution in [0.2, 0.25) is 5.02 Å². The Labute approximate surface area is 115 Å². The van der Waals surface area contributed by atoms with Gasteiger partial charge >= 0.3 is 5.97 Å². The molecule has 0 radical (unpaired) electrons. The summed E-state index contributed by atoms with van der Waals surface area (Å²) in [7, 11) is 0. The molecule has 0 fully saturated rings. The van der Waals surface area contributed by atoms with Crippen molar-refractivity contribution in [1.82, 2.24) is 0 Å². The Morgan fingerprint density at radius 2 is 2.00 bits per heavy atom. The van der Waals surface area contributed by atoms with Crippen LogP contribution < -0.4 is 11.1 Å². The molecule has 0 heterocycles. The zero-order valence-corrected chi connectivity index (χ0v) is 10.8. The second kappa shape index (κ2) is 5.63. The number of rotatable bonds is 4. The molecule has 2 aromatic carbocycles. The van der Waals surface area contributed by atoms with E-state index in [4.69, 9.17) is 22.4 Å². The van der Waals surface area contributed by atoms with Crippen LogP contribution in [0.3, 0.4) is 0 Å². The summed E-state index contributed by atoms with van der Waals surface area (Å²) in [5.74, 6) is -1.01. The maximum atomic E-state index is 11.1. The van der Waals surface area contributed by atoms with Gasteiger partial charge in [0.2, 0.25) is 0 Å². The van der Waals surface area contributed by atoms with E-state index in [1.165, 1.54) is 6.07 Å². The Kier molecular flexibility index (Phi) is 3.92. The highest BCUT2D eigenvalue weighted by molar-refractivity contribution is 6.30. The third kappa shape index (κ3) is 3.17. The quantitative estimate of drug-likeness (QED) is 0.750. The largest absolute Gasteiger partial charge is 0.478 e. The Morgan fingerprint density at radius 3 is 2.68 bits per heavy atom. The van der Waals surface area contributed by atoms with Crippen molar-refractivity contribution in [2.45, 2.75) is 6.54 Å². The number of para-hydroxylation sites is 1. The Hall–Kier alpha value is -2.20. The van der Waals surface area contributed by atoms with Crippen molar-refractivity contribution in [3.63, 3.8) is 0 Å². The van der Waals surface area contributed by atoms with Crippen LogP contribution in [0, 0.1) is 0 Å². The predicted octanol–water partition coefficient (Wildman–Crippen LogP) is 3.23. The molecule has 0 aliphatic carbocycles. The highest BCUT2D eigenvalue weighted by Gasteiger charge is 2.12. The number of halogens is 1. The van der Waals surface area contributed by atoms with Crippen molar-refractivity contribution in [1.29, 1.82) is 0 Å². The average molecular weight is 277 g/mol. The van der Waals surface area contributed by atoms with E-state index in [-0.39, 0.29) is 5.56 Å². The zero-order valence-electron chi connectivity index (χ0n) is 10.1. The van der Waals surface area contributed by atoms with Crippen molar-refractivity contribution in [2.24, 2.45) is 0 Å². The van der Waals surface area contributed by atoms with E-state index in [1.54, 1.807) is 18.2 Å². The molecule has 0 aliphatic rings. The first-order valence-electron chi connectivity index (χ1n) is 5.68. The number of carbonyl (C=O) groups is 1. The van der Waals surface area contributed by atoms with Gasteiger partial charge < -0.3 is 16.2 Å². The van der Waals surface area contributed by atoms with Gasteiger partial charge in [0.1, 0.15) is 0 Å². The van der Waals surface area contributed by atoms with Crippen LogP contribution in [0.4, 0.5) is 11.4 Å². The zero-order chi connectivity index (χ0) is 13.8. The number of nitrogen functional groups attached to an aromatic ring is 1. The van der Waals surface area contributed by atoms with Crippen molar-refractivity contribution >= 4 is 28.9 Å². The standard InChI is InChI=1S/C14H13ClN2O2/c15-10-4-1-3-9(7-10)8-17-13-11(14(18)19)5-2-6-12(13)16/h1-7,17H,8,16H2,(H,18,19). The molecule has 0 atom stereocenters. The van der Waals surface area contributed by atoms with Crippen molar-refractivity contribution < 1.29 is 9.90 Å². The minimum Gasteiger partial charge on any atom is -0.478 e. The monoisotopic (exact) mass is 276 g/mol. The van der Waals surface area contributed by atoms with E-state index < -0.39 is 5.97 Å². The fourth-order valence-electron chi connectivity index (χ4n) is 1.78. The van der Waals surface area contributed by atoms with E-state index in [2.05, 4.69) is 5.32 Å². The molecule has 0 aliphatic heterocycles. The number of nitrogens with one attached hydrogen (secondary N) is 1. The first-order valence-corrected chi connectivity index (χ1v) is 6.06. The van der Waals surface area contributed by atoms with Gasteiger partial charge in [0, 0.05) is 11.6 Å². The minimum atomic E-state index is -1.01. The molecule has 0 unspecified atom stereocenters. The number of anilines is 2. The summed E-state index contributed by atoms with van der Waals surface area (Å²) in [6, 6.07) is 12.1. The number of nitrogens with two attached hydrogens (primary N) is 1. The molecule has 5 heteroatoms. The van der Waals surface area contributed by atoms with E-state index in [0.717, 1.165) is 5.56 Å². The first kappa shape index (κ1) is 13.2. The second-order valence-corrected chi connectivity index (χ2v) is 4.49. The molecule has 0 amide bonds. The summed E-state index contributed by atoms with van der Waals surface area (Å²) in [5, 5.41) is 12.8. The van der Waals surface area contributed by atoms with E-state index >= 15 is 0 Å². The average Bonchev–Trinajstić information content (AvgIpc) is 2.37. The third-order valence-electron chi connectivity index (χ3n) is 2.69. The number of carboxylic acid groups (broad SMARTS) is 1. The van der Waals surface area contributed by atoms with E-state index in [9.17, 15) is 4.79 Å². The molecule has 2 rings (SSSR count). The molecule has 98 valence electrons. The van der Waals surface area contributed by atoms with E-state index in [1.807, 2.05) is 18.2 Å². The molecule has 0 spiro atoms. The molecule has 0 saturated carbocycles. The van der Waals surface area contributed by atoms with Gasteiger partial charge in [-0.2, -0.15) is 0 Å². The first-order chi connectivity index (χ1) is 9.08. The van der Waals surface area contributed by atoms with Crippen LogP contribution in [0.1, 0.15) is 15.9 Å². The highest BCUT2D eigenvalue weighted by Crippen LogP contribution is 2.24. The van der Waals surface area contributed by atoms with Gasteiger partial charge in [0.05, 0.1) is 16.9 Å². The van der Waals surface area contributed by atoms with Crippen LogP contribution in [0.25, 0.3) is 0 Å². The maximum absolute atomic E-state index is 11.1. The number of aromatic carboxylic acids is 1. The molecule has 4 nitrogen and oxygen atoms in total. The van der Waals surface area contributed by atoms with Crippen LogP contribution in [-0.4, -0.2) is 11.1 Å². The number of benzene rings is 2. The lowest BCUT2D eigenvalue weighted by atomic mass is 10.1. The molecular formula is C14H13ClN2O2. The van der Waals surface area contributed by atoms with Crippen molar-refractivity contribution in [3.05, 3.63) is 58.6 Å². The van der Waals surface area contributed by atoms with Crippen molar-refractivity contribution in [3.8, 4) is 0 Å². The number of hydrogen-bond donors (Lipinski definition) is 3. The number of hydrogen-bond acceptors (Lipinski definition) is 3. The van der Waals surface area contributed by atoms with Gasteiger partial charge in [-0.1, -0.05) is 29.8 Å². The third-order valence-corrected chi connectivity index (χ3v) is 2.92. The molecule has 0 aromatic heterocycles. The lowest BCUT2D eigenvalue weighted by Gasteiger charge is -2.12. The Bertz CT molecular complexity index is 614. The van der Waals surface area contributed by atoms with Crippen LogP contribution in [0.5, 0.6) is 0 Å². The van der Waals surface area contributed by atoms with Crippen LogP contribution >= 0.6 is 11.6 Å². The summed E-state index contributed by atoms with van der Waals surface area (Å²) in [4.78, 5) is 11.1. The van der Waals surface area contributed by atoms with Crippen molar-refractivity contribution in [2.75, 3.05) is 11.1 Å². The molecule has 4 N–H and O–H groups in total. The predicted molar refractivity (Wildman–Crippen MR) is 76.6 cm³/mol. The maximum Gasteiger partial charge on any atom is 0.337 e. The molecule has 0 saturated heterocycles. The van der Waals surface area contributed by atoms with Gasteiger partial charge in [0.15, 0.2) is 0 Å². The lowest BCUT2D eigenvalue weighted by molar-refractivity contribution is 0.0698. The Morgan fingerprint density at radius 1 is 1.26 bits per heavy atom. The summed E-state index contributed by atoms with van der Waals surface area (Å²) in [6.45, 7) is 0.453. The normalized spacial score (nSPS) is 10.2. The van der Waals surface area contributed by atoms with Gasteiger partial charge in [-0.05, 0) is 29.8 Å². The number of carboxylic acids is 1. The summed E-state index contributed by atoms with van der Waals surface area (Å²) < 4.78 is 0. The molecule has 0 bridgehead atoms. The van der Waals surface area contributed by atoms with Gasteiger partial charge in [-0.25, -0.2) is 4.79 Å². The SMILES string of the molecule is Nc1cccc(C(=O)O)c1NCc1cccc(Cl)c1. The summed E-state index contributed by atoms with van der Waals surface area (Å²) in [5.41, 5.74) is 7.74. The van der Waals surface area contributed by atoms with Crippen LogP contribution in [-0.2, 0) is 6.54 Å². The highest BCUT2D eigenvalue weighted by atomic mass is 35.5. The second-order valence-electron chi connectivity index (χ2n) is 4.06.